The second-order valence-corrected chi connectivity index (χ2v) is 9.15. The van der Waals surface area contributed by atoms with Crippen molar-refractivity contribution in [1.82, 2.24) is 15.8 Å². The molecule has 0 fully saturated rings. The van der Waals surface area contributed by atoms with E-state index in [4.69, 9.17) is 4.74 Å². The van der Waals surface area contributed by atoms with Gasteiger partial charge in [0.1, 0.15) is 16.5 Å². The van der Waals surface area contributed by atoms with E-state index >= 15 is 0 Å². The molecule has 2 N–H and O–H groups in total. The van der Waals surface area contributed by atoms with Crippen molar-refractivity contribution in [2.45, 2.75) is 19.7 Å². The number of rotatable bonds is 6. The molecule has 10 heteroatoms. The minimum atomic E-state index is -4.44. The molecule has 0 aliphatic carbocycles. The Hall–Kier alpha value is -4.44. The van der Waals surface area contributed by atoms with E-state index < -0.39 is 23.7 Å². The van der Waals surface area contributed by atoms with Crippen molar-refractivity contribution in [2.24, 2.45) is 0 Å². The molecule has 0 bridgehead atoms. The molecular formula is C28H22F3N3O3S. The Kier molecular flexibility index (Phi) is 8.22. The Morgan fingerprint density at radius 2 is 1.53 bits per heavy atom. The molecule has 4 aromatic rings. The van der Waals surface area contributed by atoms with Gasteiger partial charge in [0.2, 0.25) is 0 Å². The molecule has 2 amide bonds. The molecule has 194 valence electrons. The summed E-state index contributed by atoms with van der Waals surface area (Å²) in [6.45, 7) is 1.60. The van der Waals surface area contributed by atoms with Gasteiger partial charge in [-0.05, 0) is 35.7 Å². The molecule has 0 saturated carbocycles. The van der Waals surface area contributed by atoms with Crippen molar-refractivity contribution >= 4 is 35.5 Å². The van der Waals surface area contributed by atoms with Gasteiger partial charge in [-0.3, -0.25) is 10.2 Å². The van der Waals surface area contributed by atoms with E-state index in [2.05, 4.69) is 15.8 Å². The number of alkyl halides is 3. The van der Waals surface area contributed by atoms with Gasteiger partial charge < -0.3 is 4.74 Å². The van der Waals surface area contributed by atoms with Gasteiger partial charge in [0, 0.05) is 5.56 Å². The van der Waals surface area contributed by atoms with Crippen molar-refractivity contribution in [1.29, 1.82) is 0 Å². The standard InChI is InChI=1S/C28H22F3N3O3S/c1-18-24(38-26(32-18)22-13-15-23(16-14-22)28(29,30)31)25(35)33-34-27(36)37-17-21-11-9-20(10-12-21)8-7-19-5-3-2-4-6-19/h2-16H,17H2,1H3,(H,33,35)(H,34,36). The largest absolute Gasteiger partial charge is 0.443 e. The van der Waals surface area contributed by atoms with Crippen LogP contribution >= 0.6 is 11.3 Å². The van der Waals surface area contributed by atoms with Gasteiger partial charge in [-0.1, -0.05) is 78.9 Å². The fourth-order valence-corrected chi connectivity index (χ4v) is 4.33. The van der Waals surface area contributed by atoms with Gasteiger partial charge in [0.05, 0.1) is 11.3 Å². The van der Waals surface area contributed by atoms with Gasteiger partial charge in [-0.2, -0.15) is 13.2 Å². The molecule has 6 nitrogen and oxygen atoms in total. The number of nitrogens with zero attached hydrogens (tertiary/aromatic N) is 1. The summed E-state index contributed by atoms with van der Waals surface area (Å²) in [5.41, 5.74) is 7.33. The van der Waals surface area contributed by atoms with Crippen LogP contribution in [0.3, 0.4) is 0 Å². The van der Waals surface area contributed by atoms with Crippen molar-refractivity contribution in [3.63, 3.8) is 0 Å². The number of amides is 2. The predicted molar refractivity (Wildman–Crippen MR) is 140 cm³/mol. The Labute approximate surface area is 220 Å². The lowest BCUT2D eigenvalue weighted by atomic mass is 10.1. The first-order chi connectivity index (χ1) is 18.2. The third-order valence-corrected chi connectivity index (χ3v) is 6.56. The predicted octanol–water partition coefficient (Wildman–Crippen LogP) is 6.88. The normalized spacial score (nSPS) is 11.4. The molecule has 0 spiro atoms. The Bertz CT molecular complexity index is 1430. The number of hydrogen-bond acceptors (Lipinski definition) is 5. The molecule has 0 radical (unpaired) electrons. The molecule has 3 aromatic carbocycles. The lowest BCUT2D eigenvalue weighted by molar-refractivity contribution is -0.137. The zero-order valence-corrected chi connectivity index (χ0v) is 20.9. The summed E-state index contributed by atoms with van der Waals surface area (Å²) < 4.78 is 43.5. The van der Waals surface area contributed by atoms with Gasteiger partial charge >= 0.3 is 12.3 Å². The molecule has 1 heterocycles. The maximum atomic E-state index is 12.8. The van der Waals surface area contributed by atoms with Crippen molar-refractivity contribution < 1.29 is 27.5 Å². The first kappa shape index (κ1) is 26.6. The van der Waals surface area contributed by atoms with Crippen LogP contribution < -0.4 is 10.9 Å². The van der Waals surface area contributed by atoms with E-state index in [0.29, 0.717) is 16.3 Å². The number of nitrogens with one attached hydrogen (secondary N) is 2. The summed E-state index contributed by atoms with van der Waals surface area (Å²) >= 11 is 0.998. The van der Waals surface area contributed by atoms with Crippen LogP contribution in [0.2, 0.25) is 0 Å². The van der Waals surface area contributed by atoms with Gasteiger partial charge in [-0.25, -0.2) is 15.2 Å². The highest BCUT2D eigenvalue weighted by Gasteiger charge is 2.30. The molecule has 0 aliphatic heterocycles. The van der Waals surface area contributed by atoms with Crippen LogP contribution in [0.4, 0.5) is 18.0 Å². The smallest absolute Gasteiger partial charge is 0.426 e. The molecule has 0 saturated heterocycles. The average Bonchev–Trinajstić information content (AvgIpc) is 3.31. The van der Waals surface area contributed by atoms with Crippen LogP contribution in [0.15, 0.2) is 78.9 Å². The van der Waals surface area contributed by atoms with E-state index in [0.717, 1.165) is 40.2 Å². The summed E-state index contributed by atoms with van der Waals surface area (Å²) in [4.78, 5) is 29.0. The van der Waals surface area contributed by atoms with Crippen LogP contribution in [0.5, 0.6) is 0 Å². The van der Waals surface area contributed by atoms with Crippen LogP contribution in [-0.4, -0.2) is 17.0 Å². The number of benzene rings is 3. The van der Waals surface area contributed by atoms with Crippen LogP contribution in [-0.2, 0) is 17.5 Å². The third kappa shape index (κ3) is 7.07. The molecule has 0 unspecified atom stereocenters. The molecular weight excluding hydrogens is 515 g/mol. The first-order valence-electron chi connectivity index (χ1n) is 11.4. The van der Waals surface area contributed by atoms with E-state index in [1.807, 2.05) is 66.7 Å². The van der Waals surface area contributed by atoms with Gasteiger partial charge in [-0.15, -0.1) is 11.3 Å². The summed E-state index contributed by atoms with van der Waals surface area (Å²) in [5, 5.41) is 0.381. The molecule has 38 heavy (non-hydrogen) atoms. The summed E-state index contributed by atoms with van der Waals surface area (Å²) in [7, 11) is 0. The molecule has 4 rings (SSSR count). The number of hydrazine groups is 1. The maximum Gasteiger partial charge on any atom is 0.426 e. The number of carbonyl (C=O) groups excluding carboxylic acids is 2. The number of aryl methyl sites for hydroxylation is 1. The zero-order chi connectivity index (χ0) is 27.1. The molecule has 0 aliphatic rings. The van der Waals surface area contributed by atoms with Crippen LogP contribution in [0, 0.1) is 6.92 Å². The number of hydrogen-bond donors (Lipinski definition) is 2. The lowest BCUT2D eigenvalue weighted by Crippen LogP contribution is -2.41. The number of ether oxygens (including phenoxy) is 1. The SMILES string of the molecule is Cc1nc(-c2ccc(C(F)(F)F)cc2)sc1C(=O)NNC(=O)OCc1ccc(C=Cc2ccccc2)cc1. The van der Waals surface area contributed by atoms with Crippen molar-refractivity contribution in [3.8, 4) is 10.6 Å². The van der Waals surface area contributed by atoms with Gasteiger partial charge in [0.15, 0.2) is 0 Å². The highest BCUT2D eigenvalue weighted by molar-refractivity contribution is 7.17. The molecule has 1 aromatic heterocycles. The van der Waals surface area contributed by atoms with Crippen LogP contribution in [0.25, 0.3) is 22.7 Å². The summed E-state index contributed by atoms with van der Waals surface area (Å²) in [6, 6.07) is 21.9. The number of aromatic nitrogens is 1. The second kappa shape index (κ2) is 11.7. The highest BCUT2D eigenvalue weighted by atomic mass is 32.1. The minimum Gasteiger partial charge on any atom is -0.443 e. The monoisotopic (exact) mass is 537 g/mol. The van der Waals surface area contributed by atoms with Crippen molar-refractivity contribution in [3.05, 3.63) is 112 Å². The highest BCUT2D eigenvalue weighted by Crippen LogP contribution is 2.33. The van der Waals surface area contributed by atoms with E-state index in [9.17, 15) is 22.8 Å². The number of thiazole rings is 1. The minimum absolute atomic E-state index is 0.00202. The van der Waals surface area contributed by atoms with E-state index in [1.54, 1.807) is 6.92 Å². The maximum absolute atomic E-state index is 12.8. The second-order valence-electron chi connectivity index (χ2n) is 8.15. The number of carbonyl (C=O) groups is 2. The Balaban J connectivity index is 1.26. The van der Waals surface area contributed by atoms with Crippen molar-refractivity contribution in [2.75, 3.05) is 0 Å². The van der Waals surface area contributed by atoms with E-state index in [1.165, 1.54) is 12.1 Å². The molecule has 0 atom stereocenters. The summed E-state index contributed by atoms with van der Waals surface area (Å²) in [6.07, 6.45) is -1.31. The topological polar surface area (TPSA) is 80.3 Å². The quantitative estimate of drug-likeness (QED) is 0.208. The van der Waals surface area contributed by atoms with E-state index in [-0.39, 0.29) is 11.5 Å². The van der Waals surface area contributed by atoms with Gasteiger partial charge in [0.25, 0.3) is 5.91 Å². The lowest BCUT2D eigenvalue weighted by Gasteiger charge is -2.08. The zero-order valence-electron chi connectivity index (χ0n) is 20.1. The first-order valence-corrected chi connectivity index (χ1v) is 12.2. The third-order valence-electron chi connectivity index (χ3n) is 5.36. The Morgan fingerprint density at radius 1 is 0.895 bits per heavy atom. The summed E-state index contributed by atoms with van der Waals surface area (Å²) in [5.74, 6) is -0.621. The average molecular weight is 538 g/mol. The number of halogens is 3. The Morgan fingerprint density at radius 3 is 2.16 bits per heavy atom. The fraction of sp³-hybridized carbons (Fsp3) is 0.107. The van der Waals surface area contributed by atoms with Crippen LogP contribution in [0.1, 0.15) is 37.6 Å². The fourth-order valence-electron chi connectivity index (χ4n) is 3.36.